The molecule has 2 aromatic rings. The molecule has 1 aromatic heterocycles. The number of aromatic nitrogens is 2. The lowest BCUT2D eigenvalue weighted by molar-refractivity contribution is 0.411. The normalized spacial score (nSPS) is 17.1. The van der Waals surface area contributed by atoms with Crippen LogP contribution in [0.3, 0.4) is 0 Å². The third-order valence-corrected chi connectivity index (χ3v) is 3.65. The standard InChI is InChI=1S/C12H11BrN2O2/c1-12(4-5-12)11-14-10(17-15-11)8-3-2-7(13)6-9(8)16/h2-3,6,16H,4-5H2,1H3. The van der Waals surface area contributed by atoms with Crippen LogP contribution < -0.4 is 0 Å². The summed E-state index contributed by atoms with van der Waals surface area (Å²) in [4.78, 5) is 4.35. The lowest BCUT2D eigenvalue weighted by Gasteiger charge is -2.00. The summed E-state index contributed by atoms with van der Waals surface area (Å²) in [6, 6.07) is 5.20. The van der Waals surface area contributed by atoms with Crippen LogP contribution in [0.15, 0.2) is 27.2 Å². The molecule has 17 heavy (non-hydrogen) atoms. The van der Waals surface area contributed by atoms with Crippen molar-refractivity contribution < 1.29 is 9.63 Å². The first-order valence-corrected chi connectivity index (χ1v) is 6.21. The Bertz CT molecular complexity index is 576. The maximum Gasteiger partial charge on any atom is 0.261 e. The summed E-state index contributed by atoms with van der Waals surface area (Å²) in [6.45, 7) is 2.11. The number of rotatable bonds is 2. The van der Waals surface area contributed by atoms with Crippen LogP contribution in [0.1, 0.15) is 25.6 Å². The summed E-state index contributed by atoms with van der Waals surface area (Å²) in [5.41, 5.74) is 0.642. The topological polar surface area (TPSA) is 59.2 Å². The molecular weight excluding hydrogens is 284 g/mol. The van der Waals surface area contributed by atoms with Gasteiger partial charge in [-0.3, -0.25) is 0 Å². The molecule has 3 rings (SSSR count). The highest BCUT2D eigenvalue weighted by Crippen LogP contribution is 2.46. The van der Waals surface area contributed by atoms with Crippen LogP contribution >= 0.6 is 15.9 Å². The van der Waals surface area contributed by atoms with Gasteiger partial charge in [0.15, 0.2) is 5.82 Å². The Hall–Kier alpha value is -1.36. The first-order chi connectivity index (χ1) is 8.08. The minimum Gasteiger partial charge on any atom is -0.507 e. The van der Waals surface area contributed by atoms with Crippen molar-refractivity contribution in [2.45, 2.75) is 25.2 Å². The quantitative estimate of drug-likeness (QED) is 0.924. The van der Waals surface area contributed by atoms with Gasteiger partial charge in [0.1, 0.15) is 5.75 Å². The van der Waals surface area contributed by atoms with E-state index < -0.39 is 0 Å². The minimum absolute atomic E-state index is 0.0761. The van der Waals surface area contributed by atoms with Gasteiger partial charge in [0.25, 0.3) is 5.89 Å². The highest BCUT2D eigenvalue weighted by atomic mass is 79.9. The van der Waals surface area contributed by atoms with Gasteiger partial charge in [-0.25, -0.2) is 0 Å². The molecule has 1 saturated carbocycles. The maximum absolute atomic E-state index is 9.81. The lowest BCUT2D eigenvalue weighted by atomic mass is 10.1. The Kier molecular flexibility index (Phi) is 2.26. The maximum atomic E-state index is 9.81. The van der Waals surface area contributed by atoms with E-state index in [1.165, 1.54) is 0 Å². The Labute approximate surface area is 107 Å². The highest BCUT2D eigenvalue weighted by Gasteiger charge is 2.43. The van der Waals surface area contributed by atoms with Crippen LogP contribution in [0.5, 0.6) is 5.75 Å². The summed E-state index contributed by atoms with van der Waals surface area (Å²) in [6.07, 6.45) is 2.19. The molecular formula is C12H11BrN2O2. The number of benzene rings is 1. The fraction of sp³-hybridized carbons (Fsp3) is 0.333. The van der Waals surface area contributed by atoms with E-state index in [2.05, 4.69) is 33.0 Å². The van der Waals surface area contributed by atoms with E-state index in [4.69, 9.17) is 4.52 Å². The van der Waals surface area contributed by atoms with Crippen LogP contribution in [-0.4, -0.2) is 15.2 Å². The van der Waals surface area contributed by atoms with Gasteiger partial charge in [-0.1, -0.05) is 28.0 Å². The van der Waals surface area contributed by atoms with Crippen molar-refractivity contribution in [3.63, 3.8) is 0 Å². The van der Waals surface area contributed by atoms with Gasteiger partial charge >= 0.3 is 0 Å². The zero-order valence-electron chi connectivity index (χ0n) is 9.27. The molecule has 0 saturated heterocycles. The molecule has 0 aliphatic heterocycles. The number of hydrogen-bond donors (Lipinski definition) is 1. The van der Waals surface area contributed by atoms with Crippen LogP contribution in [0.25, 0.3) is 11.5 Å². The summed E-state index contributed by atoms with van der Waals surface area (Å²) in [5.74, 6) is 1.24. The van der Waals surface area contributed by atoms with Crippen molar-refractivity contribution in [1.29, 1.82) is 0 Å². The van der Waals surface area contributed by atoms with E-state index in [0.717, 1.165) is 23.1 Å². The first kappa shape index (κ1) is 10.8. The molecule has 4 nitrogen and oxygen atoms in total. The van der Waals surface area contributed by atoms with E-state index in [0.29, 0.717) is 11.5 Å². The SMILES string of the molecule is CC1(c2noc(-c3ccc(Br)cc3O)n2)CC1. The monoisotopic (exact) mass is 294 g/mol. The average molecular weight is 295 g/mol. The van der Waals surface area contributed by atoms with Crippen molar-refractivity contribution in [2.24, 2.45) is 0 Å². The molecule has 1 heterocycles. The number of hydrogen-bond acceptors (Lipinski definition) is 4. The van der Waals surface area contributed by atoms with Crippen LogP contribution in [0.4, 0.5) is 0 Å². The molecule has 1 fully saturated rings. The van der Waals surface area contributed by atoms with Gasteiger partial charge in [-0.15, -0.1) is 0 Å². The number of phenolic OH excluding ortho intramolecular Hbond substituents is 1. The van der Waals surface area contributed by atoms with Gasteiger partial charge < -0.3 is 9.63 Å². The zero-order chi connectivity index (χ0) is 12.0. The molecule has 0 radical (unpaired) electrons. The predicted octanol–water partition coefficient (Wildman–Crippen LogP) is 3.26. The Morgan fingerprint density at radius 1 is 1.41 bits per heavy atom. The third-order valence-electron chi connectivity index (χ3n) is 3.16. The Morgan fingerprint density at radius 2 is 2.18 bits per heavy atom. The fourth-order valence-corrected chi connectivity index (χ4v) is 2.02. The molecule has 1 aromatic carbocycles. The van der Waals surface area contributed by atoms with Gasteiger partial charge in [-0.2, -0.15) is 4.98 Å². The molecule has 88 valence electrons. The van der Waals surface area contributed by atoms with Crippen molar-refractivity contribution in [1.82, 2.24) is 10.1 Å². The largest absolute Gasteiger partial charge is 0.507 e. The van der Waals surface area contributed by atoms with Crippen molar-refractivity contribution in [3.8, 4) is 17.2 Å². The number of nitrogens with zero attached hydrogens (tertiary/aromatic N) is 2. The fourth-order valence-electron chi connectivity index (χ4n) is 1.67. The lowest BCUT2D eigenvalue weighted by Crippen LogP contribution is -2.01. The first-order valence-electron chi connectivity index (χ1n) is 5.42. The van der Waals surface area contributed by atoms with Gasteiger partial charge in [0, 0.05) is 9.89 Å². The highest BCUT2D eigenvalue weighted by molar-refractivity contribution is 9.10. The second-order valence-corrected chi connectivity index (χ2v) is 5.56. The van der Waals surface area contributed by atoms with Crippen molar-refractivity contribution >= 4 is 15.9 Å². The third kappa shape index (κ3) is 1.84. The van der Waals surface area contributed by atoms with Crippen LogP contribution in [-0.2, 0) is 5.41 Å². The van der Waals surface area contributed by atoms with Crippen molar-refractivity contribution in [3.05, 3.63) is 28.5 Å². The molecule has 1 aliphatic carbocycles. The average Bonchev–Trinajstić information content (AvgIpc) is 2.85. The second kappa shape index (κ2) is 3.57. The van der Waals surface area contributed by atoms with E-state index in [1.807, 2.05) is 6.07 Å². The number of phenols is 1. The predicted molar refractivity (Wildman–Crippen MR) is 65.7 cm³/mol. The summed E-state index contributed by atoms with van der Waals surface area (Å²) in [5, 5.41) is 13.8. The zero-order valence-corrected chi connectivity index (χ0v) is 10.9. The molecule has 5 heteroatoms. The summed E-state index contributed by atoms with van der Waals surface area (Å²) < 4.78 is 6.01. The van der Waals surface area contributed by atoms with Gasteiger partial charge in [0.05, 0.1) is 5.56 Å². The second-order valence-electron chi connectivity index (χ2n) is 4.65. The van der Waals surface area contributed by atoms with Gasteiger partial charge in [0.2, 0.25) is 0 Å². The van der Waals surface area contributed by atoms with E-state index in [9.17, 15) is 5.11 Å². The molecule has 0 atom stereocenters. The number of halogens is 1. The molecule has 1 N–H and O–H groups in total. The van der Waals surface area contributed by atoms with E-state index in [-0.39, 0.29) is 11.2 Å². The van der Waals surface area contributed by atoms with Crippen molar-refractivity contribution in [2.75, 3.05) is 0 Å². The summed E-state index contributed by atoms with van der Waals surface area (Å²) in [7, 11) is 0. The molecule has 0 amide bonds. The van der Waals surface area contributed by atoms with Crippen LogP contribution in [0.2, 0.25) is 0 Å². The Balaban J connectivity index is 2.01. The number of aromatic hydroxyl groups is 1. The molecule has 1 aliphatic rings. The molecule has 0 spiro atoms. The Morgan fingerprint density at radius 3 is 2.82 bits per heavy atom. The van der Waals surface area contributed by atoms with Crippen LogP contribution in [0, 0.1) is 0 Å². The van der Waals surface area contributed by atoms with E-state index >= 15 is 0 Å². The van der Waals surface area contributed by atoms with Gasteiger partial charge in [-0.05, 0) is 31.0 Å². The minimum atomic E-state index is 0.0761. The summed E-state index contributed by atoms with van der Waals surface area (Å²) >= 11 is 3.29. The van der Waals surface area contributed by atoms with E-state index in [1.54, 1.807) is 12.1 Å². The molecule has 0 bridgehead atoms. The smallest absolute Gasteiger partial charge is 0.261 e. The molecule has 0 unspecified atom stereocenters.